The van der Waals surface area contributed by atoms with Gasteiger partial charge in [0.25, 0.3) is 0 Å². The number of hydrogen-bond donors (Lipinski definition) is 1. The normalized spacial score (nSPS) is 14.5. The largest absolute Gasteiger partial charge is 0.467 e. The molecule has 1 aliphatic heterocycles. The summed E-state index contributed by atoms with van der Waals surface area (Å²) in [5, 5.41) is 10.4. The van der Waals surface area contributed by atoms with Gasteiger partial charge < -0.3 is 19.7 Å². The van der Waals surface area contributed by atoms with E-state index in [1.54, 1.807) is 25.3 Å². The lowest BCUT2D eigenvalue weighted by molar-refractivity contribution is -0.133. The van der Waals surface area contributed by atoms with Crippen LogP contribution < -0.4 is 10.1 Å². The number of hydrogen-bond acceptors (Lipinski definition) is 6. The molecule has 0 aliphatic carbocycles. The van der Waals surface area contributed by atoms with E-state index in [-0.39, 0.29) is 30.9 Å². The smallest absolute Gasteiger partial charge is 0.407 e. The van der Waals surface area contributed by atoms with Crippen LogP contribution in [0.5, 0.6) is 6.01 Å². The molecule has 0 fully saturated rings. The Morgan fingerprint density at radius 2 is 1.82 bits per heavy atom. The monoisotopic (exact) mass is 469 g/mol. The zero-order chi connectivity index (χ0) is 24.3. The average molecular weight is 469 g/mol. The maximum Gasteiger partial charge on any atom is 0.407 e. The summed E-state index contributed by atoms with van der Waals surface area (Å²) in [6.07, 6.45) is -1.28. The SMILES string of the molecule is COc1nnc2n1CCN(C(=O)CC(Cc1cc(F)c(F)cc1F)NC(=O)OC(C)(C)C)C2. The molecule has 1 aromatic carbocycles. The van der Waals surface area contributed by atoms with Crippen LogP contribution in [-0.4, -0.2) is 57.0 Å². The summed E-state index contributed by atoms with van der Waals surface area (Å²) in [6, 6.07) is 0.563. The standard InChI is InChI=1S/C21H26F3N5O4/c1-21(2,3)33-20(31)25-13(7-12-8-15(23)16(24)10-14(12)22)9-18(30)28-5-6-29-17(11-28)26-27-19(29)32-4/h8,10,13H,5-7,9,11H2,1-4H3,(H,25,31). The third kappa shape index (κ3) is 6.14. The predicted octanol–water partition coefficient (Wildman–Crippen LogP) is 2.57. The Kier molecular flexibility index (Phi) is 7.13. The summed E-state index contributed by atoms with van der Waals surface area (Å²) >= 11 is 0. The molecule has 0 saturated heterocycles. The van der Waals surface area contributed by atoms with Gasteiger partial charge in [0, 0.05) is 31.6 Å². The average Bonchev–Trinajstić information content (AvgIpc) is 3.12. The van der Waals surface area contributed by atoms with Crippen LogP contribution in [-0.2, 0) is 29.0 Å². The van der Waals surface area contributed by atoms with Gasteiger partial charge in [-0.1, -0.05) is 5.10 Å². The Labute approximate surface area is 188 Å². The molecule has 2 aromatic rings. The van der Waals surface area contributed by atoms with Crippen LogP contribution in [0.25, 0.3) is 0 Å². The second-order valence-electron chi connectivity index (χ2n) is 8.68. The van der Waals surface area contributed by atoms with Gasteiger partial charge in [0.15, 0.2) is 17.5 Å². The summed E-state index contributed by atoms with van der Waals surface area (Å²) in [5.74, 6) is -3.33. The van der Waals surface area contributed by atoms with E-state index < -0.39 is 35.2 Å². The predicted molar refractivity (Wildman–Crippen MR) is 110 cm³/mol. The molecule has 3 rings (SSSR count). The van der Waals surface area contributed by atoms with E-state index in [0.29, 0.717) is 37.1 Å². The van der Waals surface area contributed by atoms with Crippen molar-refractivity contribution in [3.05, 3.63) is 41.0 Å². The number of ether oxygens (including phenoxy) is 2. The van der Waals surface area contributed by atoms with E-state index in [1.807, 2.05) is 0 Å². The zero-order valence-electron chi connectivity index (χ0n) is 18.8. The number of halogens is 3. The molecular weight excluding hydrogens is 443 g/mol. The number of amides is 2. The molecule has 180 valence electrons. The van der Waals surface area contributed by atoms with Crippen molar-refractivity contribution in [2.75, 3.05) is 13.7 Å². The first-order valence-electron chi connectivity index (χ1n) is 10.3. The second-order valence-corrected chi connectivity index (χ2v) is 8.68. The molecule has 1 unspecified atom stereocenters. The molecule has 0 saturated carbocycles. The Morgan fingerprint density at radius 1 is 1.12 bits per heavy atom. The maximum atomic E-state index is 14.2. The second kappa shape index (κ2) is 9.67. The van der Waals surface area contributed by atoms with Gasteiger partial charge in [-0.2, -0.15) is 0 Å². The molecule has 0 bridgehead atoms. The van der Waals surface area contributed by atoms with E-state index in [1.165, 1.54) is 12.0 Å². The van der Waals surface area contributed by atoms with Crippen molar-refractivity contribution < 1.29 is 32.2 Å². The summed E-state index contributed by atoms with van der Waals surface area (Å²) in [7, 11) is 1.47. The molecule has 12 heteroatoms. The van der Waals surface area contributed by atoms with Crippen LogP contribution in [0.2, 0.25) is 0 Å². The highest BCUT2D eigenvalue weighted by Crippen LogP contribution is 2.20. The Bertz CT molecular complexity index is 1040. The van der Waals surface area contributed by atoms with Crippen molar-refractivity contribution in [2.24, 2.45) is 0 Å². The summed E-state index contributed by atoms with van der Waals surface area (Å²) in [6.45, 7) is 5.94. The number of nitrogens with zero attached hydrogens (tertiary/aromatic N) is 4. The third-order valence-corrected chi connectivity index (χ3v) is 4.95. The highest BCUT2D eigenvalue weighted by Gasteiger charge is 2.29. The Morgan fingerprint density at radius 3 is 2.48 bits per heavy atom. The topological polar surface area (TPSA) is 98.6 Å². The number of benzene rings is 1. The van der Waals surface area contributed by atoms with Crippen LogP contribution in [0, 0.1) is 17.5 Å². The first-order valence-corrected chi connectivity index (χ1v) is 10.3. The quantitative estimate of drug-likeness (QED) is 0.653. The number of aromatic nitrogens is 3. The van der Waals surface area contributed by atoms with Crippen molar-refractivity contribution in [1.82, 2.24) is 25.0 Å². The van der Waals surface area contributed by atoms with Gasteiger partial charge in [0.1, 0.15) is 11.4 Å². The van der Waals surface area contributed by atoms with Crippen molar-refractivity contribution in [3.8, 4) is 6.01 Å². The van der Waals surface area contributed by atoms with Crippen molar-refractivity contribution in [3.63, 3.8) is 0 Å². The van der Waals surface area contributed by atoms with Crippen LogP contribution in [0.15, 0.2) is 12.1 Å². The van der Waals surface area contributed by atoms with E-state index >= 15 is 0 Å². The van der Waals surface area contributed by atoms with Gasteiger partial charge in [0.2, 0.25) is 5.91 Å². The Balaban J connectivity index is 1.75. The van der Waals surface area contributed by atoms with E-state index in [9.17, 15) is 22.8 Å². The summed E-state index contributed by atoms with van der Waals surface area (Å²) in [5.41, 5.74) is -0.979. The van der Waals surface area contributed by atoms with Crippen molar-refractivity contribution in [1.29, 1.82) is 0 Å². The fourth-order valence-corrected chi connectivity index (χ4v) is 3.47. The minimum atomic E-state index is -1.32. The molecule has 2 amide bonds. The third-order valence-electron chi connectivity index (χ3n) is 4.95. The number of rotatable bonds is 6. The van der Waals surface area contributed by atoms with Gasteiger partial charge in [-0.15, -0.1) is 5.10 Å². The molecule has 2 heterocycles. The van der Waals surface area contributed by atoms with Crippen LogP contribution in [0.1, 0.15) is 38.6 Å². The number of alkyl carbamates (subject to hydrolysis) is 1. The molecule has 1 N–H and O–H groups in total. The lowest BCUT2D eigenvalue weighted by Gasteiger charge is -2.29. The molecule has 0 spiro atoms. The minimum Gasteiger partial charge on any atom is -0.467 e. The lowest BCUT2D eigenvalue weighted by Crippen LogP contribution is -2.45. The summed E-state index contributed by atoms with van der Waals surface area (Å²) in [4.78, 5) is 26.8. The lowest BCUT2D eigenvalue weighted by atomic mass is 10.0. The van der Waals surface area contributed by atoms with Gasteiger partial charge >= 0.3 is 12.1 Å². The first-order chi connectivity index (χ1) is 15.5. The van der Waals surface area contributed by atoms with Crippen LogP contribution in [0.3, 0.4) is 0 Å². The molecular formula is C21H26F3N5O4. The Hall–Kier alpha value is -3.31. The van der Waals surface area contributed by atoms with Gasteiger partial charge in [-0.25, -0.2) is 18.0 Å². The van der Waals surface area contributed by atoms with Gasteiger partial charge in [-0.05, 0) is 38.8 Å². The molecule has 1 aliphatic rings. The number of carbonyl (C=O) groups is 2. The van der Waals surface area contributed by atoms with Crippen LogP contribution >= 0.6 is 0 Å². The number of fused-ring (bicyclic) bond motifs is 1. The molecule has 1 atom stereocenters. The maximum absolute atomic E-state index is 14.2. The van der Waals surface area contributed by atoms with Crippen LogP contribution in [0.4, 0.5) is 18.0 Å². The number of carbonyl (C=O) groups excluding carboxylic acids is 2. The molecule has 33 heavy (non-hydrogen) atoms. The summed E-state index contributed by atoms with van der Waals surface area (Å²) < 4.78 is 53.3. The fraction of sp³-hybridized carbons (Fsp3) is 0.524. The first kappa shape index (κ1) is 24.3. The van der Waals surface area contributed by atoms with E-state index in [2.05, 4.69) is 15.5 Å². The number of nitrogens with one attached hydrogen (secondary N) is 1. The van der Waals surface area contributed by atoms with Gasteiger partial charge in [0.05, 0.1) is 13.7 Å². The fourth-order valence-electron chi connectivity index (χ4n) is 3.47. The van der Waals surface area contributed by atoms with Gasteiger partial charge in [-0.3, -0.25) is 9.36 Å². The van der Waals surface area contributed by atoms with E-state index in [4.69, 9.17) is 9.47 Å². The van der Waals surface area contributed by atoms with Crippen molar-refractivity contribution >= 4 is 12.0 Å². The van der Waals surface area contributed by atoms with E-state index in [0.717, 1.165) is 0 Å². The molecule has 1 aromatic heterocycles. The highest BCUT2D eigenvalue weighted by atomic mass is 19.2. The van der Waals surface area contributed by atoms with Crippen molar-refractivity contribution in [2.45, 2.75) is 58.3 Å². The highest BCUT2D eigenvalue weighted by molar-refractivity contribution is 5.78. The number of methoxy groups -OCH3 is 1. The molecule has 9 nitrogen and oxygen atoms in total. The minimum absolute atomic E-state index is 0.174. The zero-order valence-corrected chi connectivity index (χ0v) is 18.8. The molecule has 0 radical (unpaired) electrons.